The van der Waals surface area contributed by atoms with E-state index >= 15 is 0 Å². The summed E-state index contributed by atoms with van der Waals surface area (Å²) in [5, 5.41) is 0. The maximum Gasteiger partial charge on any atom is 0.220 e. The first-order chi connectivity index (χ1) is 12.2. The van der Waals surface area contributed by atoms with Gasteiger partial charge in [-0.25, -0.2) is 4.98 Å². The van der Waals surface area contributed by atoms with E-state index in [9.17, 15) is 4.79 Å². The Morgan fingerprint density at radius 2 is 2.28 bits per heavy atom. The molecule has 0 spiro atoms. The Morgan fingerprint density at radius 1 is 1.40 bits per heavy atom. The lowest BCUT2D eigenvalue weighted by Gasteiger charge is -2.27. The van der Waals surface area contributed by atoms with Crippen molar-refractivity contribution < 1.29 is 9.21 Å². The first kappa shape index (κ1) is 17.6. The smallest absolute Gasteiger partial charge is 0.220 e. The molecule has 0 aromatic carbocycles. The molecule has 1 fully saturated rings. The van der Waals surface area contributed by atoms with Gasteiger partial charge >= 0.3 is 0 Å². The fourth-order valence-electron chi connectivity index (χ4n) is 3.32. The summed E-state index contributed by atoms with van der Waals surface area (Å²) in [6, 6.07) is 6.24. The molecule has 0 saturated carbocycles. The van der Waals surface area contributed by atoms with E-state index in [-0.39, 0.29) is 11.9 Å². The highest BCUT2D eigenvalue weighted by molar-refractivity contribution is 5.73. The van der Waals surface area contributed by atoms with Gasteiger partial charge in [-0.3, -0.25) is 9.78 Å². The minimum Gasteiger partial charge on any atom is -0.444 e. The second kappa shape index (κ2) is 8.25. The van der Waals surface area contributed by atoms with Crippen molar-refractivity contribution in [2.75, 3.05) is 19.6 Å². The fraction of sp³-hybridized carbons (Fsp3) is 0.526. The zero-order chi connectivity index (χ0) is 17.6. The molecular weight excluding hydrogens is 316 g/mol. The lowest BCUT2D eigenvalue weighted by atomic mass is 10.2. The Hall–Kier alpha value is -2.21. The number of aromatic nitrogens is 2. The number of nitrogens with zero attached hydrogens (tertiary/aromatic N) is 4. The third kappa shape index (κ3) is 4.66. The molecule has 1 aliphatic rings. The minimum atomic E-state index is 0.0767. The van der Waals surface area contributed by atoms with Crippen LogP contribution in [0, 0.1) is 0 Å². The average Bonchev–Trinajstić information content (AvgIpc) is 3.27. The van der Waals surface area contributed by atoms with Crippen LogP contribution in [-0.4, -0.2) is 51.4 Å². The highest BCUT2D eigenvalue weighted by atomic mass is 16.4. The number of oxazole rings is 1. The monoisotopic (exact) mass is 342 g/mol. The van der Waals surface area contributed by atoms with Crippen molar-refractivity contribution in [2.45, 2.75) is 45.7 Å². The Labute approximate surface area is 148 Å². The summed E-state index contributed by atoms with van der Waals surface area (Å²) in [5.41, 5.74) is 1.11. The highest BCUT2D eigenvalue weighted by Crippen LogP contribution is 2.19. The van der Waals surface area contributed by atoms with Crippen molar-refractivity contribution in [1.82, 2.24) is 19.8 Å². The number of hydrogen-bond donors (Lipinski definition) is 0. The van der Waals surface area contributed by atoms with Crippen LogP contribution >= 0.6 is 0 Å². The van der Waals surface area contributed by atoms with Gasteiger partial charge in [0, 0.05) is 57.3 Å². The first-order valence-corrected chi connectivity index (χ1v) is 8.98. The molecule has 1 aliphatic heterocycles. The molecule has 2 aromatic rings. The molecule has 1 amide bonds. The zero-order valence-corrected chi connectivity index (χ0v) is 15.0. The standard InChI is InChI=1S/C19H26N4O2/c1-3-18-12-21-19(25-18)14-23(15(2)24)17-8-11-22(13-17)10-7-16-6-4-5-9-20-16/h4-6,9,12,17H,3,7-8,10-11,13-14H2,1-2H3/t17-/m0/s1. The minimum absolute atomic E-state index is 0.0767. The van der Waals surface area contributed by atoms with Crippen LogP contribution in [0.4, 0.5) is 0 Å². The predicted molar refractivity (Wildman–Crippen MR) is 94.9 cm³/mol. The molecule has 0 radical (unpaired) electrons. The molecule has 6 nitrogen and oxygen atoms in total. The number of likely N-dealkylation sites (tertiary alicyclic amines) is 1. The van der Waals surface area contributed by atoms with Gasteiger partial charge in [0.1, 0.15) is 5.76 Å². The SMILES string of the molecule is CCc1cnc(CN(C(C)=O)[C@H]2CCN(CCc3ccccn3)C2)o1. The number of pyridine rings is 1. The van der Waals surface area contributed by atoms with Crippen molar-refractivity contribution in [3.05, 3.63) is 47.9 Å². The average molecular weight is 342 g/mol. The number of rotatable bonds is 7. The fourth-order valence-corrected chi connectivity index (χ4v) is 3.32. The lowest BCUT2D eigenvalue weighted by molar-refractivity contribution is -0.132. The van der Waals surface area contributed by atoms with Crippen LogP contribution in [0.3, 0.4) is 0 Å². The van der Waals surface area contributed by atoms with Crippen LogP contribution in [0.25, 0.3) is 0 Å². The van der Waals surface area contributed by atoms with E-state index in [1.54, 1.807) is 13.1 Å². The predicted octanol–water partition coefficient (Wildman–Crippen LogP) is 2.30. The molecule has 0 N–H and O–H groups in total. The van der Waals surface area contributed by atoms with Gasteiger partial charge in [-0.15, -0.1) is 0 Å². The Morgan fingerprint density at radius 3 is 2.96 bits per heavy atom. The van der Waals surface area contributed by atoms with Crippen molar-refractivity contribution in [3.63, 3.8) is 0 Å². The molecule has 2 aromatic heterocycles. The van der Waals surface area contributed by atoms with Gasteiger partial charge in [-0.05, 0) is 18.6 Å². The second-order valence-electron chi connectivity index (χ2n) is 6.53. The molecule has 134 valence electrons. The Bertz CT molecular complexity index is 686. The molecule has 6 heteroatoms. The number of hydrogen-bond acceptors (Lipinski definition) is 5. The lowest BCUT2D eigenvalue weighted by Crippen LogP contribution is -2.40. The van der Waals surface area contributed by atoms with Crippen molar-refractivity contribution >= 4 is 5.91 Å². The first-order valence-electron chi connectivity index (χ1n) is 8.98. The van der Waals surface area contributed by atoms with Gasteiger partial charge in [0.15, 0.2) is 0 Å². The van der Waals surface area contributed by atoms with Gasteiger partial charge in [0.2, 0.25) is 11.8 Å². The molecule has 1 saturated heterocycles. The van der Waals surface area contributed by atoms with E-state index in [4.69, 9.17) is 4.42 Å². The van der Waals surface area contributed by atoms with E-state index in [2.05, 4.69) is 20.9 Å². The summed E-state index contributed by atoms with van der Waals surface area (Å²) in [6.45, 7) is 6.98. The molecule has 3 heterocycles. The highest BCUT2D eigenvalue weighted by Gasteiger charge is 2.30. The topological polar surface area (TPSA) is 62.5 Å². The van der Waals surface area contributed by atoms with Crippen LogP contribution in [0.5, 0.6) is 0 Å². The Balaban J connectivity index is 1.55. The number of carbonyl (C=O) groups excluding carboxylic acids is 1. The summed E-state index contributed by atoms with van der Waals surface area (Å²) in [6.07, 6.45) is 6.33. The summed E-state index contributed by atoms with van der Waals surface area (Å²) in [4.78, 5) is 25.1. The van der Waals surface area contributed by atoms with E-state index in [1.807, 2.05) is 30.2 Å². The maximum absolute atomic E-state index is 12.1. The molecule has 0 unspecified atom stereocenters. The van der Waals surface area contributed by atoms with Gasteiger partial charge < -0.3 is 14.2 Å². The molecule has 0 bridgehead atoms. The summed E-state index contributed by atoms with van der Waals surface area (Å²) >= 11 is 0. The third-order valence-corrected chi connectivity index (χ3v) is 4.76. The van der Waals surface area contributed by atoms with Crippen LogP contribution in [0.1, 0.15) is 37.6 Å². The zero-order valence-electron chi connectivity index (χ0n) is 15.0. The van der Waals surface area contributed by atoms with Gasteiger partial charge in [-0.1, -0.05) is 13.0 Å². The molecule has 1 atom stereocenters. The number of amides is 1. The van der Waals surface area contributed by atoms with Gasteiger partial charge in [0.25, 0.3) is 0 Å². The van der Waals surface area contributed by atoms with Crippen LogP contribution in [0.2, 0.25) is 0 Å². The summed E-state index contributed by atoms with van der Waals surface area (Å²) in [5.74, 6) is 1.56. The van der Waals surface area contributed by atoms with Crippen molar-refractivity contribution in [1.29, 1.82) is 0 Å². The van der Waals surface area contributed by atoms with Crippen LogP contribution in [-0.2, 0) is 24.2 Å². The van der Waals surface area contributed by atoms with Crippen LogP contribution < -0.4 is 0 Å². The molecule has 25 heavy (non-hydrogen) atoms. The van der Waals surface area contributed by atoms with Crippen LogP contribution in [0.15, 0.2) is 35.0 Å². The molecular formula is C19H26N4O2. The largest absolute Gasteiger partial charge is 0.444 e. The van der Waals surface area contributed by atoms with Gasteiger partial charge in [0.05, 0.1) is 12.7 Å². The summed E-state index contributed by atoms with van der Waals surface area (Å²) < 4.78 is 5.68. The van der Waals surface area contributed by atoms with E-state index in [0.717, 1.165) is 50.4 Å². The quantitative estimate of drug-likeness (QED) is 0.772. The normalized spacial score (nSPS) is 17.8. The summed E-state index contributed by atoms with van der Waals surface area (Å²) in [7, 11) is 0. The molecule has 0 aliphatic carbocycles. The third-order valence-electron chi connectivity index (χ3n) is 4.76. The van der Waals surface area contributed by atoms with E-state index in [0.29, 0.717) is 12.4 Å². The van der Waals surface area contributed by atoms with Gasteiger partial charge in [-0.2, -0.15) is 0 Å². The number of carbonyl (C=O) groups is 1. The Kier molecular flexibility index (Phi) is 5.81. The maximum atomic E-state index is 12.1. The van der Waals surface area contributed by atoms with Crippen molar-refractivity contribution in [3.8, 4) is 0 Å². The van der Waals surface area contributed by atoms with E-state index < -0.39 is 0 Å². The van der Waals surface area contributed by atoms with E-state index in [1.165, 1.54) is 0 Å². The molecule has 3 rings (SSSR count). The number of aryl methyl sites for hydroxylation is 1. The van der Waals surface area contributed by atoms with Crippen molar-refractivity contribution in [2.24, 2.45) is 0 Å². The second-order valence-corrected chi connectivity index (χ2v) is 6.53.